The molecule has 19 heavy (non-hydrogen) atoms. The molecule has 0 aromatic carbocycles. The Hall–Kier alpha value is -2.22. The molecule has 0 spiro atoms. The lowest BCUT2D eigenvalue weighted by Crippen LogP contribution is -2.25. The van der Waals surface area contributed by atoms with Crippen LogP contribution < -0.4 is 0 Å². The number of carbonyl (C=O) groups is 2. The molecule has 2 rings (SSSR count). The van der Waals surface area contributed by atoms with Crippen molar-refractivity contribution in [2.75, 3.05) is 7.05 Å². The van der Waals surface area contributed by atoms with Gasteiger partial charge in [-0.25, -0.2) is 4.79 Å². The molecule has 2 aromatic rings. The molecular weight excluding hydrogens is 270 g/mol. The Balaban J connectivity index is 2.11. The molecule has 0 aliphatic carbocycles. The molecule has 0 aliphatic heterocycles. The molecule has 2 heterocycles. The van der Waals surface area contributed by atoms with Crippen molar-refractivity contribution in [2.45, 2.75) is 13.5 Å². The Morgan fingerprint density at radius 2 is 2.26 bits per heavy atom. The number of nitrogens with zero attached hydrogens (tertiary/aromatic N) is 3. The van der Waals surface area contributed by atoms with Gasteiger partial charge in [-0.2, -0.15) is 0 Å². The van der Waals surface area contributed by atoms with Gasteiger partial charge in [0.05, 0.1) is 12.7 Å². The van der Waals surface area contributed by atoms with Crippen molar-refractivity contribution < 1.29 is 19.1 Å². The van der Waals surface area contributed by atoms with Gasteiger partial charge in [0, 0.05) is 7.05 Å². The number of carboxylic acid groups (broad SMARTS) is 1. The monoisotopic (exact) mass is 281 g/mol. The van der Waals surface area contributed by atoms with Gasteiger partial charge in [-0.1, -0.05) is 4.49 Å². The highest BCUT2D eigenvalue weighted by Crippen LogP contribution is 2.17. The summed E-state index contributed by atoms with van der Waals surface area (Å²) in [7, 11) is 1.60. The molecule has 0 saturated carbocycles. The number of carboxylic acids is 1. The van der Waals surface area contributed by atoms with Crippen LogP contribution in [0, 0.1) is 6.92 Å². The summed E-state index contributed by atoms with van der Waals surface area (Å²) < 4.78 is 8.93. The van der Waals surface area contributed by atoms with Crippen molar-refractivity contribution in [3.8, 4) is 0 Å². The topological polar surface area (TPSA) is 96.5 Å². The zero-order chi connectivity index (χ0) is 14.0. The van der Waals surface area contributed by atoms with Gasteiger partial charge in [-0.05, 0) is 24.5 Å². The highest BCUT2D eigenvalue weighted by atomic mass is 32.1. The second kappa shape index (κ2) is 5.19. The van der Waals surface area contributed by atoms with Gasteiger partial charge in [0.1, 0.15) is 22.0 Å². The van der Waals surface area contributed by atoms with E-state index in [0.29, 0.717) is 16.4 Å². The van der Waals surface area contributed by atoms with E-state index < -0.39 is 5.97 Å². The van der Waals surface area contributed by atoms with Crippen molar-refractivity contribution in [1.82, 2.24) is 14.5 Å². The first-order chi connectivity index (χ1) is 8.99. The zero-order valence-electron chi connectivity index (χ0n) is 10.3. The number of amides is 1. The predicted molar refractivity (Wildman–Crippen MR) is 66.1 cm³/mol. The maximum atomic E-state index is 11.9. The smallest absolute Gasteiger partial charge is 0.339 e. The third-order valence-corrected chi connectivity index (χ3v) is 3.16. The average Bonchev–Trinajstić information content (AvgIpc) is 2.97. The first-order valence-corrected chi connectivity index (χ1v) is 6.12. The Kier molecular flexibility index (Phi) is 3.61. The molecule has 0 radical (unpaired) electrons. The van der Waals surface area contributed by atoms with Crippen LogP contribution in [0.2, 0.25) is 0 Å². The van der Waals surface area contributed by atoms with Crippen LogP contribution in [0.15, 0.2) is 16.7 Å². The molecule has 0 fully saturated rings. The van der Waals surface area contributed by atoms with Gasteiger partial charge in [0.25, 0.3) is 5.91 Å². The molecule has 0 atom stereocenters. The summed E-state index contributed by atoms with van der Waals surface area (Å²) in [5, 5.41) is 12.5. The number of hydrogen-bond donors (Lipinski definition) is 1. The quantitative estimate of drug-likeness (QED) is 0.910. The van der Waals surface area contributed by atoms with Crippen molar-refractivity contribution in [3.05, 3.63) is 34.2 Å². The standard InChI is InChI=1S/C11H11N3O4S/c1-6-8(11(16)17)3-7(18-6)5-14(2)10(15)9-4-12-13-19-9/h3-4H,5H2,1-2H3,(H,16,17). The van der Waals surface area contributed by atoms with Crippen molar-refractivity contribution in [3.63, 3.8) is 0 Å². The third kappa shape index (κ3) is 2.79. The van der Waals surface area contributed by atoms with E-state index in [9.17, 15) is 9.59 Å². The molecule has 0 unspecified atom stereocenters. The molecule has 2 aromatic heterocycles. The summed E-state index contributed by atoms with van der Waals surface area (Å²) in [6, 6.07) is 1.42. The number of aromatic carboxylic acids is 1. The van der Waals surface area contributed by atoms with Crippen LogP contribution in [-0.4, -0.2) is 38.5 Å². The first kappa shape index (κ1) is 13.2. The van der Waals surface area contributed by atoms with E-state index in [1.807, 2.05) is 0 Å². The van der Waals surface area contributed by atoms with Crippen molar-refractivity contribution in [2.24, 2.45) is 0 Å². The van der Waals surface area contributed by atoms with Gasteiger partial charge in [0.15, 0.2) is 0 Å². The first-order valence-electron chi connectivity index (χ1n) is 5.34. The van der Waals surface area contributed by atoms with Gasteiger partial charge in [-0.3, -0.25) is 4.79 Å². The number of hydrogen-bond acceptors (Lipinski definition) is 6. The molecule has 0 saturated heterocycles. The molecule has 0 aliphatic rings. The average molecular weight is 281 g/mol. The highest BCUT2D eigenvalue weighted by molar-refractivity contribution is 7.07. The van der Waals surface area contributed by atoms with E-state index in [4.69, 9.17) is 9.52 Å². The van der Waals surface area contributed by atoms with Crippen LogP contribution >= 0.6 is 11.5 Å². The Morgan fingerprint density at radius 3 is 2.79 bits per heavy atom. The summed E-state index contributed by atoms with van der Waals surface area (Å²) >= 11 is 1.01. The minimum absolute atomic E-state index is 0.107. The number of furan rings is 1. The van der Waals surface area contributed by atoms with E-state index in [2.05, 4.69) is 9.59 Å². The van der Waals surface area contributed by atoms with Crippen molar-refractivity contribution >= 4 is 23.4 Å². The van der Waals surface area contributed by atoms with E-state index in [-0.39, 0.29) is 18.0 Å². The van der Waals surface area contributed by atoms with Crippen LogP contribution in [0.1, 0.15) is 31.6 Å². The second-order valence-electron chi connectivity index (χ2n) is 3.93. The third-order valence-electron chi connectivity index (χ3n) is 2.51. The van der Waals surface area contributed by atoms with E-state index in [1.54, 1.807) is 14.0 Å². The Labute approximate surface area is 112 Å². The predicted octanol–water partition coefficient (Wildman–Crippen LogP) is 1.41. The summed E-state index contributed by atoms with van der Waals surface area (Å²) in [6.07, 6.45) is 1.39. The Morgan fingerprint density at radius 1 is 1.53 bits per heavy atom. The summed E-state index contributed by atoms with van der Waals surface area (Å²) in [6.45, 7) is 1.76. The molecule has 1 amide bonds. The fraction of sp³-hybridized carbons (Fsp3) is 0.273. The SMILES string of the molecule is Cc1oc(CN(C)C(=O)c2cnns2)cc1C(=O)O. The maximum Gasteiger partial charge on any atom is 0.339 e. The number of aryl methyl sites for hydroxylation is 1. The highest BCUT2D eigenvalue weighted by Gasteiger charge is 2.18. The summed E-state index contributed by atoms with van der Waals surface area (Å²) in [5.41, 5.74) is 0.107. The fourth-order valence-corrected chi connectivity index (χ4v) is 2.10. The van der Waals surface area contributed by atoms with Gasteiger partial charge < -0.3 is 14.4 Å². The van der Waals surface area contributed by atoms with Crippen LogP contribution in [0.25, 0.3) is 0 Å². The van der Waals surface area contributed by atoms with Crippen LogP contribution in [-0.2, 0) is 6.54 Å². The lowest BCUT2D eigenvalue weighted by Gasteiger charge is -2.13. The lowest BCUT2D eigenvalue weighted by atomic mass is 10.2. The second-order valence-corrected chi connectivity index (χ2v) is 4.72. The Bertz CT molecular complexity index is 605. The normalized spacial score (nSPS) is 10.4. The fourth-order valence-electron chi connectivity index (χ4n) is 1.59. The molecule has 8 heteroatoms. The van der Waals surface area contributed by atoms with Crippen LogP contribution in [0.3, 0.4) is 0 Å². The molecule has 1 N–H and O–H groups in total. The van der Waals surface area contributed by atoms with Crippen LogP contribution in [0.5, 0.6) is 0 Å². The number of rotatable bonds is 4. The molecular formula is C11H11N3O4S. The van der Waals surface area contributed by atoms with Gasteiger partial charge >= 0.3 is 5.97 Å². The van der Waals surface area contributed by atoms with E-state index >= 15 is 0 Å². The summed E-state index contributed by atoms with van der Waals surface area (Å²) in [4.78, 5) is 24.7. The zero-order valence-corrected chi connectivity index (χ0v) is 11.1. The van der Waals surface area contributed by atoms with E-state index in [1.165, 1.54) is 17.2 Å². The van der Waals surface area contributed by atoms with Crippen molar-refractivity contribution in [1.29, 1.82) is 0 Å². The molecule has 7 nitrogen and oxygen atoms in total. The van der Waals surface area contributed by atoms with Gasteiger partial charge in [0.2, 0.25) is 0 Å². The van der Waals surface area contributed by atoms with E-state index in [0.717, 1.165) is 11.5 Å². The lowest BCUT2D eigenvalue weighted by molar-refractivity contribution is 0.0694. The maximum absolute atomic E-state index is 11.9. The number of carbonyl (C=O) groups excluding carboxylic acids is 1. The molecule has 0 bridgehead atoms. The largest absolute Gasteiger partial charge is 0.478 e. The number of aromatic nitrogens is 2. The summed E-state index contributed by atoms with van der Waals surface area (Å²) in [5.74, 6) is -0.542. The minimum Gasteiger partial charge on any atom is -0.478 e. The van der Waals surface area contributed by atoms with Gasteiger partial charge in [-0.15, -0.1) is 5.10 Å². The van der Waals surface area contributed by atoms with Crippen LogP contribution in [0.4, 0.5) is 0 Å². The molecule has 100 valence electrons. The minimum atomic E-state index is -1.05.